The van der Waals surface area contributed by atoms with Gasteiger partial charge in [-0.15, -0.1) is 0 Å². The molecule has 3 heteroatoms. The van der Waals surface area contributed by atoms with Crippen molar-refractivity contribution >= 4 is 0 Å². The predicted octanol–water partition coefficient (Wildman–Crippen LogP) is 3.73. The summed E-state index contributed by atoms with van der Waals surface area (Å²) in [6.07, 6.45) is 0.936. The molecule has 1 fully saturated rings. The van der Waals surface area contributed by atoms with Gasteiger partial charge in [-0.05, 0) is 37.2 Å². The van der Waals surface area contributed by atoms with Crippen molar-refractivity contribution in [3.8, 4) is 0 Å². The molecule has 2 aliphatic heterocycles. The molecule has 0 aromatic heterocycles. The van der Waals surface area contributed by atoms with Crippen LogP contribution in [-0.4, -0.2) is 31.1 Å². The number of rotatable bonds is 1. The first-order valence-electron chi connectivity index (χ1n) is 7.91. The second-order valence-corrected chi connectivity index (χ2v) is 6.36. The van der Waals surface area contributed by atoms with E-state index in [1.54, 1.807) is 6.07 Å². The predicted molar refractivity (Wildman–Crippen MR) is 84.4 cm³/mol. The number of piperidine rings is 1. The van der Waals surface area contributed by atoms with Crippen LogP contribution in [0.3, 0.4) is 0 Å². The summed E-state index contributed by atoms with van der Waals surface area (Å²) in [6.45, 7) is 1.99. The lowest BCUT2D eigenvalue weighted by Crippen LogP contribution is -2.45. The standard InChI is InChI=1S/C19H20FNO/c1-21-11-10-14-13-6-2-3-7-15(13)19(22-18(14)12-21)16-8-4-5-9-17(16)20/h2-9,14,18-19H,10-12H2,1H3/t14-,18-,19?/m0/s1. The van der Waals surface area contributed by atoms with Gasteiger partial charge in [-0.25, -0.2) is 4.39 Å². The monoisotopic (exact) mass is 297 g/mol. The third-order valence-electron chi connectivity index (χ3n) is 4.94. The van der Waals surface area contributed by atoms with Crippen molar-refractivity contribution in [2.24, 2.45) is 0 Å². The lowest BCUT2D eigenvalue weighted by Gasteiger charge is -2.44. The number of hydrogen-bond acceptors (Lipinski definition) is 2. The van der Waals surface area contributed by atoms with E-state index in [2.05, 4.69) is 30.1 Å². The average molecular weight is 297 g/mol. The van der Waals surface area contributed by atoms with Crippen molar-refractivity contribution in [3.05, 3.63) is 71.0 Å². The Kier molecular flexibility index (Phi) is 3.47. The number of fused-ring (bicyclic) bond motifs is 3. The molecule has 2 aromatic carbocycles. The van der Waals surface area contributed by atoms with Gasteiger partial charge in [-0.3, -0.25) is 0 Å². The first-order chi connectivity index (χ1) is 10.7. The van der Waals surface area contributed by atoms with E-state index in [1.165, 1.54) is 11.6 Å². The van der Waals surface area contributed by atoms with Crippen LogP contribution in [-0.2, 0) is 4.74 Å². The van der Waals surface area contributed by atoms with Crippen LogP contribution in [0, 0.1) is 5.82 Å². The normalized spacial score (nSPS) is 28.0. The highest BCUT2D eigenvalue weighted by Crippen LogP contribution is 2.44. The zero-order valence-corrected chi connectivity index (χ0v) is 12.7. The maximum absolute atomic E-state index is 14.3. The first-order valence-corrected chi connectivity index (χ1v) is 7.91. The summed E-state index contributed by atoms with van der Waals surface area (Å²) in [7, 11) is 2.12. The Balaban J connectivity index is 1.81. The van der Waals surface area contributed by atoms with Crippen LogP contribution in [0.25, 0.3) is 0 Å². The number of ether oxygens (including phenoxy) is 1. The van der Waals surface area contributed by atoms with Crippen molar-refractivity contribution in [1.82, 2.24) is 4.90 Å². The highest BCUT2D eigenvalue weighted by molar-refractivity contribution is 5.41. The second-order valence-electron chi connectivity index (χ2n) is 6.36. The van der Waals surface area contributed by atoms with E-state index in [-0.39, 0.29) is 18.0 Å². The fraction of sp³-hybridized carbons (Fsp3) is 0.368. The van der Waals surface area contributed by atoms with Crippen molar-refractivity contribution in [2.45, 2.75) is 24.5 Å². The quantitative estimate of drug-likeness (QED) is 0.795. The van der Waals surface area contributed by atoms with Crippen molar-refractivity contribution < 1.29 is 9.13 Å². The molecular formula is C19H20FNO. The van der Waals surface area contributed by atoms with E-state index >= 15 is 0 Å². The number of halogens is 1. The Hall–Kier alpha value is -1.71. The minimum absolute atomic E-state index is 0.137. The number of hydrogen-bond donors (Lipinski definition) is 0. The molecule has 1 unspecified atom stereocenters. The van der Waals surface area contributed by atoms with E-state index in [9.17, 15) is 4.39 Å². The Morgan fingerprint density at radius 1 is 1.00 bits per heavy atom. The molecule has 2 aromatic rings. The molecule has 1 saturated heterocycles. The van der Waals surface area contributed by atoms with Gasteiger partial charge in [0.2, 0.25) is 0 Å². The molecule has 0 amide bonds. The molecule has 0 bridgehead atoms. The van der Waals surface area contributed by atoms with Gasteiger partial charge < -0.3 is 9.64 Å². The Bertz CT molecular complexity index is 687. The van der Waals surface area contributed by atoms with Crippen LogP contribution < -0.4 is 0 Å². The van der Waals surface area contributed by atoms with Crippen molar-refractivity contribution in [3.63, 3.8) is 0 Å². The Labute approximate surface area is 130 Å². The van der Waals surface area contributed by atoms with Gasteiger partial charge in [0.05, 0.1) is 6.10 Å². The highest BCUT2D eigenvalue weighted by atomic mass is 19.1. The van der Waals surface area contributed by atoms with Crippen molar-refractivity contribution in [2.75, 3.05) is 20.1 Å². The summed E-state index contributed by atoms with van der Waals surface area (Å²) in [5, 5.41) is 0. The maximum atomic E-state index is 14.3. The topological polar surface area (TPSA) is 12.5 Å². The lowest BCUT2D eigenvalue weighted by atomic mass is 9.79. The van der Waals surface area contributed by atoms with Gasteiger partial charge in [-0.2, -0.15) is 0 Å². The van der Waals surface area contributed by atoms with Gasteiger partial charge in [0.1, 0.15) is 11.9 Å². The third kappa shape index (κ3) is 2.25. The van der Waals surface area contributed by atoms with E-state index < -0.39 is 0 Å². The Morgan fingerprint density at radius 2 is 1.68 bits per heavy atom. The largest absolute Gasteiger partial charge is 0.363 e. The third-order valence-corrected chi connectivity index (χ3v) is 4.94. The van der Waals surface area contributed by atoms with Crippen LogP contribution >= 0.6 is 0 Å². The first kappa shape index (κ1) is 13.9. The summed E-state index contributed by atoms with van der Waals surface area (Å²) in [5.41, 5.74) is 3.10. The van der Waals surface area contributed by atoms with Crippen LogP contribution in [0.4, 0.5) is 4.39 Å². The fourth-order valence-corrected chi connectivity index (χ4v) is 3.83. The fourth-order valence-electron chi connectivity index (χ4n) is 3.83. The minimum atomic E-state index is -0.301. The summed E-state index contributed by atoms with van der Waals surface area (Å²) >= 11 is 0. The smallest absolute Gasteiger partial charge is 0.129 e. The maximum Gasteiger partial charge on any atom is 0.129 e. The zero-order chi connectivity index (χ0) is 15.1. The number of likely N-dealkylation sites (N-methyl/N-ethyl adjacent to an activating group) is 1. The van der Waals surface area contributed by atoms with Crippen LogP contribution in [0.1, 0.15) is 35.1 Å². The van der Waals surface area contributed by atoms with Crippen LogP contribution in [0.2, 0.25) is 0 Å². The number of nitrogens with zero attached hydrogens (tertiary/aromatic N) is 1. The average Bonchev–Trinajstić information content (AvgIpc) is 2.54. The number of likely N-dealkylation sites (tertiary alicyclic amines) is 1. The molecule has 2 heterocycles. The molecule has 0 spiro atoms. The van der Waals surface area contributed by atoms with Gasteiger partial charge >= 0.3 is 0 Å². The molecule has 22 heavy (non-hydrogen) atoms. The molecule has 114 valence electrons. The molecule has 0 N–H and O–H groups in total. The lowest BCUT2D eigenvalue weighted by molar-refractivity contribution is -0.0553. The van der Waals surface area contributed by atoms with Crippen LogP contribution in [0.15, 0.2) is 48.5 Å². The van der Waals surface area contributed by atoms with Gasteiger partial charge in [-0.1, -0.05) is 42.5 Å². The number of benzene rings is 2. The molecule has 0 saturated carbocycles. The molecule has 0 radical (unpaired) electrons. The molecule has 2 aliphatic rings. The second kappa shape index (κ2) is 5.49. The van der Waals surface area contributed by atoms with Gasteiger partial charge in [0.15, 0.2) is 0 Å². The molecule has 0 aliphatic carbocycles. The molecular weight excluding hydrogens is 277 g/mol. The summed E-state index contributed by atoms with van der Waals surface area (Å²) in [5.74, 6) is 0.236. The highest BCUT2D eigenvalue weighted by Gasteiger charge is 2.39. The molecule has 2 nitrogen and oxygen atoms in total. The summed E-state index contributed by atoms with van der Waals surface area (Å²) < 4.78 is 20.7. The van der Waals surface area contributed by atoms with E-state index in [4.69, 9.17) is 4.74 Å². The van der Waals surface area contributed by atoms with E-state index in [1.807, 2.05) is 18.2 Å². The SMILES string of the molecule is CN1CC[C@H]2c3ccccc3C(c3ccccc3F)O[C@H]2C1. The molecule has 3 atom stereocenters. The van der Waals surface area contributed by atoms with Crippen LogP contribution in [0.5, 0.6) is 0 Å². The van der Waals surface area contributed by atoms with E-state index in [0.29, 0.717) is 11.5 Å². The molecule has 4 rings (SSSR count). The van der Waals surface area contributed by atoms with E-state index in [0.717, 1.165) is 25.1 Å². The minimum Gasteiger partial charge on any atom is -0.363 e. The van der Waals surface area contributed by atoms with Gasteiger partial charge in [0, 0.05) is 18.0 Å². The van der Waals surface area contributed by atoms with Crippen molar-refractivity contribution in [1.29, 1.82) is 0 Å². The summed E-state index contributed by atoms with van der Waals surface area (Å²) in [6, 6.07) is 15.3. The summed E-state index contributed by atoms with van der Waals surface area (Å²) in [4.78, 5) is 2.30. The zero-order valence-electron chi connectivity index (χ0n) is 12.7. The van der Waals surface area contributed by atoms with Gasteiger partial charge in [0.25, 0.3) is 0 Å². The Morgan fingerprint density at radius 3 is 2.45 bits per heavy atom.